The summed E-state index contributed by atoms with van der Waals surface area (Å²) in [5, 5.41) is 5.77. The SMILES string of the molecule is CNC1=C(C(=O)N(C)CCC2(C)CC2)N1NC(C)(Cc1ccc(Cl)cc1)c1ccc(C)nc1. The molecule has 0 radical (unpaired) electrons. The summed E-state index contributed by atoms with van der Waals surface area (Å²) in [4.78, 5) is 19.6. The normalized spacial score (nSPS) is 18.1. The zero-order valence-electron chi connectivity index (χ0n) is 20.2. The lowest BCUT2D eigenvalue weighted by atomic mass is 9.87. The first-order valence-electron chi connectivity index (χ1n) is 11.6. The second kappa shape index (κ2) is 8.99. The Morgan fingerprint density at radius 2 is 1.94 bits per heavy atom. The molecule has 2 aliphatic rings. The first kappa shape index (κ1) is 23.6. The van der Waals surface area contributed by atoms with Crippen LogP contribution >= 0.6 is 11.6 Å². The van der Waals surface area contributed by atoms with E-state index in [1.165, 1.54) is 12.8 Å². The number of aromatic nitrogens is 1. The van der Waals surface area contributed by atoms with E-state index in [2.05, 4.69) is 35.6 Å². The lowest BCUT2D eigenvalue weighted by molar-refractivity contribution is -0.126. The van der Waals surface area contributed by atoms with E-state index in [1.54, 1.807) is 0 Å². The Kier molecular flexibility index (Phi) is 6.43. The number of pyridine rings is 1. The van der Waals surface area contributed by atoms with Gasteiger partial charge in [0.25, 0.3) is 5.91 Å². The summed E-state index contributed by atoms with van der Waals surface area (Å²) in [5.41, 5.74) is 7.38. The van der Waals surface area contributed by atoms with Crippen LogP contribution in [0.15, 0.2) is 54.1 Å². The molecule has 2 aromatic rings. The van der Waals surface area contributed by atoms with Gasteiger partial charge in [-0.2, -0.15) is 0 Å². The fraction of sp³-hybridized carbons (Fsp3) is 0.462. The summed E-state index contributed by atoms with van der Waals surface area (Å²) in [6.07, 6.45) is 6.19. The number of benzene rings is 1. The van der Waals surface area contributed by atoms with E-state index in [9.17, 15) is 4.79 Å². The van der Waals surface area contributed by atoms with Crippen molar-refractivity contribution in [1.29, 1.82) is 0 Å². The second-order valence-electron chi connectivity index (χ2n) is 10.0. The molecular weight excluding hydrogens is 434 g/mol. The Balaban J connectivity index is 1.52. The number of nitrogens with one attached hydrogen (secondary N) is 2. The molecule has 176 valence electrons. The van der Waals surface area contributed by atoms with Crippen molar-refractivity contribution < 1.29 is 4.79 Å². The molecule has 1 aromatic heterocycles. The molecule has 0 spiro atoms. The number of likely N-dealkylation sites (N-methyl/N-ethyl adjacent to an activating group) is 1. The van der Waals surface area contributed by atoms with Gasteiger partial charge in [0, 0.05) is 37.6 Å². The van der Waals surface area contributed by atoms with Gasteiger partial charge in [0.1, 0.15) is 0 Å². The summed E-state index contributed by atoms with van der Waals surface area (Å²) < 4.78 is 0. The van der Waals surface area contributed by atoms with E-state index in [4.69, 9.17) is 11.6 Å². The number of hydrogen-bond donors (Lipinski definition) is 2. The minimum absolute atomic E-state index is 0.0342. The quantitative estimate of drug-likeness (QED) is 0.543. The average molecular weight is 468 g/mol. The summed E-state index contributed by atoms with van der Waals surface area (Å²) in [7, 11) is 3.74. The highest BCUT2D eigenvalue weighted by molar-refractivity contribution is 6.30. The molecule has 1 aliphatic carbocycles. The van der Waals surface area contributed by atoms with Crippen LogP contribution in [-0.4, -0.2) is 41.4 Å². The van der Waals surface area contributed by atoms with Gasteiger partial charge in [-0.25, -0.2) is 10.4 Å². The van der Waals surface area contributed by atoms with Gasteiger partial charge < -0.3 is 10.2 Å². The average Bonchev–Trinajstić information content (AvgIpc) is 3.70. The highest BCUT2D eigenvalue weighted by Crippen LogP contribution is 2.48. The highest BCUT2D eigenvalue weighted by atomic mass is 35.5. The topological polar surface area (TPSA) is 60.3 Å². The molecule has 7 heteroatoms. The predicted molar refractivity (Wildman–Crippen MR) is 132 cm³/mol. The van der Waals surface area contributed by atoms with Crippen LogP contribution in [-0.2, 0) is 16.8 Å². The molecule has 0 bridgehead atoms. The van der Waals surface area contributed by atoms with Gasteiger partial charge in [0.05, 0.1) is 5.54 Å². The third-order valence-corrected chi connectivity index (χ3v) is 7.19. The summed E-state index contributed by atoms with van der Waals surface area (Å²) in [6.45, 7) is 7.19. The second-order valence-corrected chi connectivity index (χ2v) is 10.4. The maximum atomic E-state index is 13.2. The van der Waals surface area contributed by atoms with E-state index in [0.29, 0.717) is 22.6 Å². The van der Waals surface area contributed by atoms with Crippen molar-refractivity contribution in [1.82, 2.24) is 25.6 Å². The fourth-order valence-electron chi connectivity index (χ4n) is 4.14. The standard InChI is InChI=1S/C26H34ClN5O/c1-18-6-9-20(17-29-18)26(3,16-19-7-10-21(27)11-8-19)30-32-22(23(32)28-4)24(33)31(5)15-14-25(2)12-13-25/h6-11,17,28,30H,12-16H2,1-5H3. The van der Waals surface area contributed by atoms with E-state index in [0.717, 1.165) is 35.6 Å². The van der Waals surface area contributed by atoms with Gasteiger partial charge in [-0.3, -0.25) is 9.78 Å². The molecule has 6 nitrogen and oxygen atoms in total. The van der Waals surface area contributed by atoms with E-state index in [1.807, 2.05) is 67.5 Å². The molecule has 1 aromatic carbocycles. The lowest BCUT2D eigenvalue weighted by Gasteiger charge is -2.33. The van der Waals surface area contributed by atoms with Crippen LogP contribution < -0.4 is 10.7 Å². The van der Waals surface area contributed by atoms with Crippen LogP contribution in [0.1, 0.15) is 49.9 Å². The molecule has 2 heterocycles. The van der Waals surface area contributed by atoms with E-state index < -0.39 is 5.54 Å². The number of rotatable bonds is 10. The number of halogens is 1. The summed E-state index contributed by atoms with van der Waals surface area (Å²) >= 11 is 6.10. The zero-order valence-corrected chi connectivity index (χ0v) is 21.0. The van der Waals surface area contributed by atoms with Crippen molar-refractivity contribution in [3.63, 3.8) is 0 Å². The van der Waals surface area contributed by atoms with Gasteiger partial charge in [0.15, 0.2) is 11.5 Å². The zero-order chi connectivity index (χ0) is 23.8. The Labute approximate surface area is 202 Å². The highest BCUT2D eigenvalue weighted by Gasteiger charge is 2.45. The van der Waals surface area contributed by atoms with Gasteiger partial charge in [-0.15, -0.1) is 0 Å². The minimum Gasteiger partial charge on any atom is -0.372 e. The van der Waals surface area contributed by atoms with Crippen LogP contribution in [0.3, 0.4) is 0 Å². The number of amides is 1. The van der Waals surface area contributed by atoms with Crippen molar-refractivity contribution in [3.05, 3.63) is 76.0 Å². The largest absolute Gasteiger partial charge is 0.372 e. The van der Waals surface area contributed by atoms with Crippen LogP contribution in [0.25, 0.3) is 0 Å². The molecule has 0 saturated heterocycles. The van der Waals surface area contributed by atoms with Crippen LogP contribution in [0, 0.1) is 12.3 Å². The molecule has 33 heavy (non-hydrogen) atoms. The van der Waals surface area contributed by atoms with Gasteiger partial charge >= 0.3 is 0 Å². The van der Waals surface area contributed by atoms with Crippen LogP contribution in [0.5, 0.6) is 0 Å². The molecule has 2 N–H and O–H groups in total. The molecule has 1 fully saturated rings. The van der Waals surface area contributed by atoms with Crippen LogP contribution in [0.2, 0.25) is 5.02 Å². The molecular formula is C26H34ClN5O. The van der Waals surface area contributed by atoms with Crippen molar-refractivity contribution in [2.45, 2.75) is 52.0 Å². The Morgan fingerprint density at radius 3 is 2.52 bits per heavy atom. The first-order valence-corrected chi connectivity index (χ1v) is 11.9. The number of hydrazine groups is 1. The monoisotopic (exact) mass is 467 g/mol. The molecule has 1 atom stereocenters. The van der Waals surface area contributed by atoms with Gasteiger partial charge in [0.2, 0.25) is 0 Å². The molecule has 1 saturated carbocycles. The Morgan fingerprint density at radius 1 is 1.24 bits per heavy atom. The fourth-order valence-corrected chi connectivity index (χ4v) is 4.27. The molecule has 1 aliphatic heterocycles. The number of carbonyl (C=O) groups excluding carboxylic acids is 1. The summed E-state index contributed by atoms with van der Waals surface area (Å²) in [6, 6.07) is 12.0. The van der Waals surface area contributed by atoms with Crippen molar-refractivity contribution in [2.75, 3.05) is 20.6 Å². The van der Waals surface area contributed by atoms with E-state index in [-0.39, 0.29) is 5.91 Å². The molecule has 1 amide bonds. The minimum atomic E-state index is -0.487. The maximum Gasteiger partial charge on any atom is 0.275 e. The number of hydrogen-bond acceptors (Lipinski definition) is 5. The third-order valence-electron chi connectivity index (χ3n) is 6.94. The Hall–Kier alpha value is -2.57. The van der Waals surface area contributed by atoms with Gasteiger partial charge in [-0.1, -0.05) is 36.7 Å². The lowest BCUT2D eigenvalue weighted by Crippen LogP contribution is -2.47. The summed E-state index contributed by atoms with van der Waals surface area (Å²) in [5.74, 6) is 0.846. The van der Waals surface area contributed by atoms with E-state index >= 15 is 0 Å². The van der Waals surface area contributed by atoms with Gasteiger partial charge in [-0.05, 0) is 74.3 Å². The van der Waals surface area contributed by atoms with Crippen LogP contribution in [0.4, 0.5) is 0 Å². The van der Waals surface area contributed by atoms with Crippen molar-refractivity contribution in [2.24, 2.45) is 5.41 Å². The molecule has 4 rings (SSSR count). The Bertz CT molecular complexity index is 1050. The van der Waals surface area contributed by atoms with Crippen molar-refractivity contribution >= 4 is 17.5 Å². The third kappa shape index (κ3) is 5.33. The smallest absolute Gasteiger partial charge is 0.275 e. The first-order chi connectivity index (χ1) is 15.6. The molecule has 1 unspecified atom stereocenters. The number of aryl methyl sites for hydroxylation is 1. The predicted octanol–water partition coefficient (Wildman–Crippen LogP) is 4.36. The number of carbonyl (C=O) groups is 1. The maximum absolute atomic E-state index is 13.2. The number of nitrogens with zero attached hydrogens (tertiary/aromatic N) is 3. The van der Waals surface area contributed by atoms with Crippen molar-refractivity contribution in [3.8, 4) is 0 Å².